The molecule has 0 saturated heterocycles. The maximum Gasteiger partial charge on any atom is 0.271 e. The molecular formula is C11H10BrFN2O2S2. The van der Waals surface area contributed by atoms with E-state index in [4.69, 9.17) is 5.73 Å². The molecule has 0 aliphatic carbocycles. The van der Waals surface area contributed by atoms with Crippen molar-refractivity contribution in [3.63, 3.8) is 0 Å². The Hall–Kier alpha value is -0.960. The highest BCUT2D eigenvalue weighted by atomic mass is 79.9. The summed E-state index contributed by atoms with van der Waals surface area (Å²) in [4.78, 5) is 0.745. The Morgan fingerprint density at radius 2 is 2.05 bits per heavy atom. The summed E-state index contributed by atoms with van der Waals surface area (Å²) in [6.45, 7) is 0.269. The fourth-order valence-corrected chi connectivity index (χ4v) is 4.04. The van der Waals surface area contributed by atoms with Gasteiger partial charge in [-0.1, -0.05) is 15.9 Å². The molecule has 19 heavy (non-hydrogen) atoms. The Morgan fingerprint density at radius 1 is 1.32 bits per heavy atom. The first-order valence-electron chi connectivity index (χ1n) is 5.19. The number of nitrogens with two attached hydrogens (primary N) is 1. The summed E-state index contributed by atoms with van der Waals surface area (Å²) >= 11 is 4.22. The van der Waals surface area contributed by atoms with Gasteiger partial charge in [-0.05, 0) is 30.3 Å². The number of nitrogens with one attached hydrogen (secondary N) is 1. The first kappa shape index (κ1) is 14.4. The minimum absolute atomic E-state index is 0.0999. The van der Waals surface area contributed by atoms with Crippen LogP contribution in [0.3, 0.4) is 0 Å². The van der Waals surface area contributed by atoms with Gasteiger partial charge < -0.3 is 5.73 Å². The van der Waals surface area contributed by atoms with E-state index in [0.29, 0.717) is 4.47 Å². The molecule has 2 rings (SSSR count). The summed E-state index contributed by atoms with van der Waals surface area (Å²) in [5, 5.41) is 0. The SMILES string of the molecule is NCc1ccc(S(=O)(=O)Nc2cc(Br)ccc2F)s1. The Balaban J connectivity index is 2.33. The highest BCUT2D eigenvalue weighted by Crippen LogP contribution is 2.26. The molecule has 1 aromatic heterocycles. The van der Waals surface area contributed by atoms with Crippen LogP contribution in [-0.2, 0) is 16.6 Å². The summed E-state index contributed by atoms with van der Waals surface area (Å²) < 4.78 is 40.6. The highest BCUT2D eigenvalue weighted by Gasteiger charge is 2.18. The number of sulfonamides is 1. The number of hydrogen-bond acceptors (Lipinski definition) is 4. The number of halogens is 2. The van der Waals surface area contributed by atoms with Crippen LogP contribution in [0.25, 0.3) is 0 Å². The summed E-state index contributed by atoms with van der Waals surface area (Å²) in [7, 11) is -3.79. The highest BCUT2D eigenvalue weighted by molar-refractivity contribution is 9.10. The predicted molar refractivity (Wildman–Crippen MR) is 77.1 cm³/mol. The van der Waals surface area contributed by atoms with Crippen LogP contribution >= 0.6 is 27.3 Å². The first-order chi connectivity index (χ1) is 8.92. The molecule has 1 heterocycles. The molecule has 0 saturated carbocycles. The standard InChI is InChI=1S/C11H10BrFN2O2S2/c12-7-1-3-9(13)10(5-7)15-19(16,17)11-4-2-8(6-14)18-11/h1-5,15H,6,14H2. The van der Waals surface area contributed by atoms with Crippen molar-refractivity contribution in [3.8, 4) is 0 Å². The third kappa shape index (κ3) is 3.33. The average molecular weight is 365 g/mol. The van der Waals surface area contributed by atoms with Gasteiger partial charge >= 0.3 is 0 Å². The molecule has 4 nitrogen and oxygen atoms in total. The van der Waals surface area contributed by atoms with Crippen molar-refractivity contribution in [3.05, 3.63) is 45.5 Å². The molecule has 0 atom stereocenters. The van der Waals surface area contributed by atoms with E-state index in [0.717, 1.165) is 16.2 Å². The second-order valence-electron chi connectivity index (χ2n) is 3.65. The van der Waals surface area contributed by atoms with Crippen LogP contribution in [0.5, 0.6) is 0 Å². The average Bonchev–Trinajstić information content (AvgIpc) is 2.83. The summed E-state index contributed by atoms with van der Waals surface area (Å²) in [6.07, 6.45) is 0. The van der Waals surface area contributed by atoms with Gasteiger partial charge in [0.2, 0.25) is 0 Å². The van der Waals surface area contributed by atoms with E-state index in [-0.39, 0.29) is 16.4 Å². The van der Waals surface area contributed by atoms with Crippen LogP contribution in [0.4, 0.5) is 10.1 Å². The van der Waals surface area contributed by atoms with Crippen molar-refractivity contribution < 1.29 is 12.8 Å². The quantitative estimate of drug-likeness (QED) is 0.875. The zero-order valence-electron chi connectivity index (χ0n) is 9.56. The molecule has 0 fully saturated rings. The maximum absolute atomic E-state index is 13.5. The second-order valence-corrected chi connectivity index (χ2v) is 7.65. The van der Waals surface area contributed by atoms with Gasteiger partial charge in [0.25, 0.3) is 10.0 Å². The summed E-state index contributed by atoms with van der Waals surface area (Å²) in [6, 6.07) is 7.12. The van der Waals surface area contributed by atoms with Crippen LogP contribution < -0.4 is 10.5 Å². The fourth-order valence-electron chi connectivity index (χ4n) is 1.38. The lowest BCUT2D eigenvalue weighted by Gasteiger charge is -2.07. The van der Waals surface area contributed by atoms with E-state index in [1.807, 2.05) is 0 Å². The van der Waals surface area contributed by atoms with Crippen LogP contribution in [-0.4, -0.2) is 8.42 Å². The van der Waals surface area contributed by atoms with Gasteiger partial charge in [-0.25, -0.2) is 12.8 Å². The molecule has 0 unspecified atom stereocenters. The smallest absolute Gasteiger partial charge is 0.271 e. The number of hydrogen-bond donors (Lipinski definition) is 2. The van der Waals surface area contributed by atoms with Gasteiger partial charge in [0, 0.05) is 15.9 Å². The topological polar surface area (TPSA) is 72.2 Å². The lowest BCUT2D eigenvalue weighted by molar-refractivity contribution is 0.600. The Morgan fingerprint density at radius 3 is 2.68 bits per heavy atom. The molecular weight excluding hydrogens is 355 g/mol. The van der Waals surface area contributed by atoms with Crippen molar-refractivity contribution in [1.82, 2.24) is 0 Å². The van der Waals surface area contributed by atoms with E-state index in [1.54, 1.807) is 6.07 Å². The van der Waals surface area contributed by atoms with Gasteiger partial charge in [0.15, 0.2) is 0 Å². The van der Waals surface area contributed by atoms with Crippen LogP contribution in [0.2, 0.25) is 0 Å². The Bertz CT molecular complexity index is 700. The van der Waals surface area contributed by atoms with Crippen LogP contribution in [0, 0.1) is 5.82 Å². The van der Waals surface area contributed by atoms with E-state index in [2.05, 4.69) is 20.7 Å². The fraction of sp³-hybridized carbons (Fsp3) is 0.0909. The van der Waals surface area contributed by atoms with Crippen molar-refractivity contribution in [2.75, 3.05) is 4.72 Å². The maximum atomic E-state index is 13.5. The molecule has 3 N–H and O–H groups in total. The van der Waals surface area contributed by atoms with Crippen molar-refractivity contribution >= 4 is 43.0 Å². The third-order valence-electron chi connectivity index (χ3n) is 2.28. The number of thiophene rings is 1. The minimum atomic E-state index is -3.79. The van der Waals surface area contributed by atoms with E-state index >= 15 is 0 Å². The summed E-state index contributed by atoms with van der Waals surface area (Å²) in [5.74, 6) is -0.637. The zero-order valence-corrected chi connectivity index (χ0v) is 12.8. The number of anilines is 1. The molecule has 0 spiro atoms. The van der Waals surface area contributed by atoms with Gasteiger partial charge in [-0.15, -0.1) is 11.3 Å². The van der Waals surface area contributed by atoms with Gasteiger partial charge in [-0.2, -0.15) is 0 Å². The normalized spacial score (nSPS) is 11.5. The van der Waals surface area contributed by atoms with Gasteiger partial charge in [-0.3, -0.25) is 4.72 Å². The summed E-state index contributed by atoms with van der Waals surface area (Å²) in [5.41, 5.74) is 5.33. The Labute approximate surface area is 122 Å². The first-order valence-corrected chi connectivity index (χ1v) is 8.28. The predicted octanol–water partition coefficient (Wildman–Crippen LogP) is 2.91. The van der Waals surface area contributed by atoms with Crippen molar-refractivity contribution in [1.29, 1.82) is 0 Å². The molecule has 2 aromatic rings. The largest absolute Gasteiger partial charge is 0.326 e. The van der Waals surface area contributed by atoms with Crippen molar-refractivity contribution in [2.24, 2.45) is 5.73 Å². The lowest BCUT2D eigenvalue weighted by atomic mass is 10.3. The van der Waals surface area contributed by atoms with E-state index in [1.165, 1.54) is 24.3 Å². The molecule has 0 aliphatic heterocycles. The Kier molecular flexibility index (Phi) is 4.24. The number of benzene rings is 1. The monoisotopic (exact) mass is 364 g/mol. The van der Waals surface area contributed by atoms with E-state index < -0.39 is 15.8 Å². The molecule has 0 radical (unpaired) electrons. The number of rotatable bonds is 4. The lowest BCUT2D eigenvalue weighted by Crippen LogP contribution is -2.12. The molecule has 0 amide bonds. The van der Waals surface area contributed by atoms with E-state index in [9.17, 15) is 12.8 Å². The van der Waals surface area contributed by atoms with Crippen LogP contribution in [0.1, 0.15) is 4.88 Å². The van der Waals surface area contributed by atoms with Crippen molar-refractivity contribution in [2.45, 2.75) is 10.8 Å². The molecule has 1 aromatic carbocycles. The molecule has 0 bridgehead atoms. The van der Waals surface area contributed by atoms with Gasteiger partial charge in [0.05, 0.1) is 5.69 Å². The third-order valence-corrected chi connectivity index (χ3v) is 5.73. The molecule has 102 valence electrons. The molecule has 0 aliphatic rings. The van der Waals surface area contributed by atoms with Crippen LogP contribution in [0.15, 0.2) is 39.0 Å². The van der Waals surface area contributed by atoms with Gasteiger partial charge in [0.1, 0.15) is 10.0 Å². The minimum Gasteiger partial charge on any atom is -0.326 e. The molecule has 8 heteroatoms. The second kappa shape index (κ2) is 5.58. The zero-order chi connectivity index (χ0) is 14.0.